The maximum Gasteiger partial charge on any atom is 0.0571 e. The van der Waals surface area contributed by atoms with Crippen molar-refractivity contribution in [2.24, 2.45) is 11.8 Å². The van der Waals surface area contributed by atoms with Crippen LogP contribution in [0.25, 0.3) is 0 Å². The molecular formula is C8H14O. The molecule has 0 aromatic heterocycles. The molecule has 0 bridgehead atoms. The highest BCUT2D eigenvalue weighted by molar-refractivity contribution is 4.88. The average molecular weight is 126 g/mol. The minimum absolute atomic E-state index is 0.0671. The molecule has 1 nitrogen and oxygen atoms in total. The third-order valence-electron chi connectivity index (χ3n) is 3.05. The lowest BCUT2D eigenvalue weighted by Gasteiger charge is -2.10. The zero-order valence-electron chi connectivity index (χ0n) is 5.71. The van der Waals surface area contributed by atoms with Gasteiger partial charge in [-0.1, -0.05) is 12.8 Å². The average Bonchev–Trinajstić information content (AvgIpc) is 2.35. The van der Waals surface area contributed by atoms with E-state index in [9.17, 15) is 5.11 Å². The van der Waals surface area contributed by atoms with E-state index >= 15 is 0 Å². The molecule has 52 valence electrons. The first-order valence-corrected chi connectivity index (χ1v) is 4.06. The Morgan fingerprint density at radius 2 is 1.89 bits per heavy atom. The highest BCUT2D eigenvalue weighted by Crippen LogP contribution is 2.43. The minimum Gasteiger partial charge on any atom is -0.393 e. The number of aliphatic hydroxyl groups is 1. The smallest absolute Gasteiger partial charge is 0.0571 e. The van der Waals surface area contributed by atoms with Crippen LogP contribution in [0.4, 0.5) is 0 Å². The van der Waals surface area contributed by atoms with E-state index in [4.69, 9.17) is 0 Å². The molecule has 3 atom stereocenters. The molecule has 0 radical (unpaired) electrons. The van der Waals surface area contributed by atoms with Gasteiger partial charge in [-0.05, 0) is 31.1 Å². The molecule has 0 heterocycles. The Balaban J connectivity index is 2.07. The fourth-order valence-corrected chi connectivity index (χ4v) is 2.53. The quantitative estimate of drug-likeness (QED) is 0.522. The Morgan fingerprint density at radius 3 is 2.67 bits per heavy atom. The molecule has 0 aromatic carbocycles. The Labute approximate surface area is 56.1 Å². The molecule has 2 fully saturated rings. The molecule has 1 unspecified atom stereocenters. The summed E-state index contributed by atoms with van der Waals surface area (Å²) in [5.41, 5.74) is 0. The lowest BCUT2D eigenvalue weighted by Crippen LogP contribution is -2.13. The van der Waals surface area contributed by atoms with E-state index in [0.717, 1.165) is 12.3 Å². The van der Waals surface area contributed by atoms with Crippen molar-refractivity contribution >= 4 is 0 Å². The van der Waals surface area contributed by atoms with Crippen molar-refractivity contribution in [2.45, 2.75) is 38.2 Å². The van der Waals surface area contributed by atoms with Crippen LogP contribution in [0.15, 0.2) is 0 Å². The van der Waals surface area contributed by atoms with Gasteiger partial charge in [-0.3, -0.25) is 0 Å². The molecule has 2 saturated carbocycles. The molecule has 2 rings (SSSR count). The normalized spacial score (nSPS) is 49.7. The number of rotatable bonds is 0. The van der Waals surface area contributed by atoms with Crippen LogP contribution in [0.1, 0.15) is 32.1 Å². The van der Waals surface area contributed by atoms with Gasteiger partial charge in [-0.15, -0.1) is 0 Å². The predicted molar refractivity (Wildman–Crippen MR) is 36.1 cm³/mol. The topological polar surface area (TPSA) is 20.2 Å². The second kappa shape index (κ2) is 1.98. The van der Waals surface area contributed by atoms with Crippen LogP contribution in [-0.4, -0.2) is 11.2 Å². The first-order chi connectivity index (χ1) is 4.38. The summed E-state index contributed by atoms with van der Waals surface area (Å²) in [6.45, 7) is 0. The first-order valence-electron chi connectivity index (χ1n) is 4.06. The van der Waals surface area contributed by atoms with Gasteiger partial charge >= 0.3 is 0 Å². The number of hydrogen-bond acceptors (Lipinski definition) is 1. The van der Waals surface area contributed by atoms with Crippen LogP contribution in [-0.2, 0) is 0 Å². The monoisotopic (exact) mass is 126 g/mol. The fourth-order valence-electron chi connectivity index (χ4n) is 2.53. The van der Waals surface area contributed by atoms with Gasteiger partial charge in [0.05, 0.1) is 6.10 Å². The second-order valence-corrected chi connectivity index (χ2v) is 3.50. The van der Waals surface area contributed by atoms with E-state index in [1.807, 2.05) is 0 Å². The second-order valence-electron chi connectivity index (χ2n) is 3.50. The van der Waals surface area contributed by atoms with Gasteiger partial charge in [0.25, 0.3) is 0 Å². The Kier molecular flexibility index (Phi) is 1.26. The van der Waals surface area contributed by atoms with Crippen LogP contribution in [0.2, 0.25) is 0 Å². The summed E-state index contributed by atoms with van der Waals surface area (Å²) in [6.07, 6.45) is 6.50. The van der Waals surface area contributed by atoms with Gasteiger partial charge in [0.1, 0.15) is 0 Å². The van der Waals surface area contributed by atoms with Crippen molar-refractivity contribution in [3.63, 3.8) is 0 Å². The third kappa shape index (κ3) is 0.787. The standard InChI is InChI=1S/C8H14O/c9-8-5-4-6-2-1-3-7(6)8/h6-9H,1-5H2/t6-,7-,8?/m0/s1. The molecule has 0 saturated heterocycles. The number of aliphatic hydroxyl groups excluding tert-OH is 1. The van der Waals surface area contributed by atoms with Crippen LogP contribution < -0.4 is 0 Å². The zero-order valence-corrected chi connectivity index (χ0v) is 5.71. The summed E-state index contributed by atoms with van der Waals surface area (Å²) in [5, 5.41) is 9.40. The van der Waals surface area contributed by atoms with E-state index < -0.39 is 0 Å². The van der Waals surface area contributed by atoms with E-state index in [2.05, 4.69) is 0 Å². The molecule has 1 heteroatoms. The SMILES string of the molecule is OC1CC[C@@H]2CCC[C@H]12. The summed E-state index contributed by atoms with van der Waals surface area (Å²) in [5.74, 6) is 1.60. The molecule has 2 aliphatic carbocycles. The van der Waals surface area contributed by atoms with Gasteiger partial charge in [0.2, 0.25) is 0 Å². The summed E-state index contributed by atoms with van der Waals surface area (Å²) in [7, 11) is 0. The van der Waals surface area contributed by atoms with E-state index in [-0.39, 0.29) is 6.10 Å². The molecule has 1 N–H and O–H groups in total. The van der Waals surface area contributed by atoms with Gasteiger partial charge < -0.3 is 5.11 Å². The molecule has 2 aliphatic rings. The molecule has 0 amide bonds. The van der Waals surface area contributed by atoms with Crippen molar-refractivity contribution in [3.05, 3.63) is 0 Å². The fraction of sp³-hybridized carbons (Fsp3) is 1.00. The highest BCUT2D eigenvalue weighted by Gasteiger charge is 2.37. The van der Waals surface area contributed by atoms with E-state index in [1.54, 1.807) is 0 Å². The number of hydrogen-bond donors (Lipinski definition) is 1. The minimum atomic E-state index is 0.0671. The Morgan fingerprint density at radius 1 is 1.00 bits per heavy atom. The summed E-state index contributed by atoms with van der Waals surface area (Å²) < 4.78 is 0. The maximum atomic E-state index is 9.40. The van der Waals surface area contributed by atoms with Crippen molar-refractivity contribution in [2.75, 3.05) is 0 Å². The van der Waals surface area contributed by atoms with Gasteiger partial charge in [0.15, 0.2) is 0 Å². The first kappa shape index (κ1) is 5.72. The number of fused-ring (bicyclic) bond motifs is 1. The Bertz CT molecular complexity index is 111. The molecule has 0 spiro atoms. The van der Waals surface area contributed by atoms with Crippen LogP contribution in [0, 0.1) is 11.8 Å². The Hall–Kier alpha value is -0.0400. The van der Waals surface area contributed by atoms with Gasteiger partial charge in [0, 0.05) is 0 Å². The molecule has 9 heavy (non-hydrogen) atoms. The summed E-state index contributed by atoms with van der Waals surface area (Å²) >= 11 is 0. The van der Waals surface area contributed by atoms with Crippen LogP contribution in [0.5, 0.6) is 0 Å². The predicted octanol–water partition coefficient (Wildman–Crippen LogP) is 1.56. The van der Waals surface area contributed by atoms with E-state index in [1.165, 1.54) is 25.7 Å². The zero-order chi connectivity index (χ0) is 6.27. The summed E-state index contributed by atoms with van der Waals surface area (Å²) in [6, 6.07) is 0. The van der Waals surface area contributed by atoms with Crippen LogP contribution in [0.3, 0.4) is 0 Å². The highest BCUT2D eigenvalue weighted by atomic mass is 16.3. The summed E-state index contributed by atoms with van der Waals surface area (Å²) in [4.78, 5) is 0. The lowest BCUT2D eigenvalue weighted by molar-refractivity contribution is 0.126. The van der Waals surface area contributed by atoms with Crippen molar-refractivity contribution in [3.8, 4) is 0 Å². The molecule has 0 aromatic rings. The van der Waals surface area contributed by atoms with Crippen molar-refractivity contribution < 1.29 is 5.11 Å². The largest absolute Gasteiger partial charge is 0.393 e. The third-order valence-corrected chi connectivity index (χ3v) is 3.05. The molecule has 0 aliphatic heterocycles. The van der Waals surface area contributed by atoms with Crippen molar-refractivity contribution in [1.82, 2.24) is 0 Å². The van der Waals surface area contributed by atoms with Gasteiger partial charge in [-0.25, -0.2) is 0 Å². The van der Waals surface area contributed by atoms with Crippen LogP contribution >= 0.6 is 0 Å². The van der Waals surface area contributed by atoms with E-state index in [0.29, 0.717) is 5.92 Å². The lowest BCUT2D eigenvalue weighted by atomic mass is 9.99. The van der Waals surface area contributed by atoms with Crippen molar-refractivity contribution in [1.29, 1.82) is 0 Å². The maximum absolute atomic E-state index is 9.40. The van der Waals surface area contributed by atoms with Gasteiger partial charge in [-0.2, -0.15) is 0 Å². The molecular weight excluding hydrogens is 112 g/mol.